The number of ketones is 2. The Labute approximate surface area is 113 Å². The van der Waals surface area contributed by atoms with Gasteiger partial charge in [0.25, 0.3) is 0 Å². The number of ether oxygens (including phenoxy) is 2. The Hall–Kier alpha value is -2.14. The predicted octanol–water partition coefficient (Wildman–Crippen LogP) is 2.09. The molecule has 0 saturated heterocycles. The second kappa shape index (κ2) is 4.85. The van der Waals surface area contributed by atoms with Crippen LogP contribution in [0.1, 0.15) is 27.6 Å². The molecule has 0 N–H and O–H groups in total. The zero-order valence-corrected chi connectivity index (χ0v) is 10.9. The molecule has 0 saturated carbocycles. The lowest BCUT2D eigenvalue weighted by Gasteiger charge is -2.18. The van der Waals surface area contributed by atoms with E-state index in [0.717, 1.165) is 6.92 Å². The van der Waals surface area contributed by atoms with Crippen molar-refractivity contribution < 1.29 is 23.9 Å². The molecule has 1 aliphatic carbocycles. The SMILES string of the molecule is COc1cccc2c1C(=O)C(Cl)=C(OC(C)=O)C2=O. The number of methoxy groups -OCH3 is 1. The Balaban J connectivity index is 2.64. The van der Waals surface area contributed by atoms with Gasteiger partial charge in [-0.2, -0.15) is 0 Å². The van der Waals surface area contributed by atoms with E-state index in [1.165, 1.54) is 13.2 Å². The lowest BCUT2D eigenvalue weighted by Crippen LogP contribution is -2.23. The predicted molar refractivity (Wildman–Crippen MR) is 66.3 cm³/mol. The number of hydrogen-bond acceptors (Lipinski definition) is 5. The second-order valence-electron chi connectivity index (χ2n) is 3.78. The van der Waals surface area contributed by atoms with Crippen LogP contribution in [0.15, 0.2) is 29.0 Å². The van der Waals surface area contributed by atoms with E-state index in [2.05, 4.69) is 0 Å². The average Bonchev–Trinajstić information content (AvgIpc) is 2.40. The van der Waals surface area contributed by atoms with Gasteiger partial charge in [-0.05, 0) is 12.1 Å². The van der Waals surface area contributed by atoms with Gasteiger partial charge in [0.15, 0.2) is 0 Å². The fourth-order valence-corrected chi connectivity index (χ4v) is 2.01. The first-order chi connectivity index (χ1) is 8.97. The molecule has 0 radical (unpaired) electrons. The van der Waals surface area contributed by atoms with Gasteiger partial charge in [0, 0.05) is 12.5 Å². The molecule has 0 fully saturated rings. The molecule has 98 valence electrons. The van der Waals surface area contributed by atoms with Crippen molar-refractivity contribution in [1.82, 2.24) is 0 Å². The Morgan fingerprint density at radius 3 is 2.47 bits per heavy atom. The molecule has 0 atom stereocenters. The van der Waals surface area contributed by atoms with Gasteiger partial charge in [-0.3, -0.25) is 14.4 Å². The normalized spacial score (nSPS) is 14.3. The monoisotopic (exact) mass is 280 g/mol. The number of rotatable bonds is 2. The fourth-order valence-electron chi connectivity index (χ4n) is 1.79. The molecule has 1 aliphatic rings. The van der Waals surface area contributed by atoms with Gasteiger partial charge in [0.1, 0.15) is 10.8 Å². The highest BCUT2D eigenvalue weighted by Crippen LogP contribution is 2.34. The van der Waals surface area contributed by atoms with E-state index >= 15 is 0 Å². The van der Waals surface area contributed by atoms with E-state index in [-0.39, 0.29) is 16.9 Å². The molecular formula is C13H9ClO5. The molecule has 1 aromatic carbocycles. The van der Waals surface area contributed by atoms with E-state index in [4.69, 9.17) is 21.1 Å². The molecule has 0 amide bonds. The number of carbonyl (C=O) groups is 3. The molecule has 1 aromatic rings. The zero-order valence-electron chi connectivity index (χ0n) is 10.2. The van der Waals surface area contributed by atoms with Crippen molar-refractivity contribution in [1.29, 1.82) is 0 Å². The number of halogens is 1. The topological polar surface area (TPSA) is 69.7 Å². The number of hydrogen-bond donors (Lipinski definition) is 0. The van der Waals surface area contributed by atoms with Crippen molar-refractivity contribution >= 4 is 29.1 Å². The summed E-state index contributed by atoms with van der Waals surface area (Å²) in [5, 5.41) is -0.419. The van der Waals surface area contributed by atoms with E-state index in [1.54, 1.807) is 12.1 Å². The molecule has 0 unspecified atom stereocenters. The third-order valence-electron chi connectivity index (χ3n) is 2.57. The minimum atomic E-state index is -0.722. The highest BCUT2D eigenvalue weighted by atomic mass is 35.5. The number of esters is 1. The van der Waals surface area contributed by atoms with Gasteiger partial charge in [-0.15, -0.1) is 0 Å². The van der Waals surface area contributed by atoms with Crippen molar-refractivity contribution in [2.75, 3.05) is 7.11 Å². The summed E-state index contributed by atoms with van der Waals surface area (Å²) in [5.41, 5.74) is 0.181. The van der Waals surface area contributed by atoms with Crippen LogP contribution in [-0.4, -0.2) is 24.6 Å². The summed E-state index contributed by atoms with van der Waals surface area (Å²) in [7, 11) is 1.38. The molecular weight excluding hydrogens is 272 g/mol. The lowest BCUT2D eigenvalue weighted by molar-refractivity contribution is -0.136. The van der Waals surface area contributed by atoms with Crippen molar-refractivity contribution in [3.8, 4) is 5.75 Å². The minimum Gasteiger partial charge on any atom is -0.496 e. The number of fused-ring (bicyclic) bond motifs is 1. The van der Waals surface area contributed by atoms with Crippen LogP contribution in [-0.2, 0) is 9.53 Å². The fraction of sp³-hybridized carbons (Fsp3) is 0.154. The van der Waals surface area contributed by atoms with Crippen LogP contribution >= 0.6 is 11.6 Å². The largest absolute Gasteiger partial charge is 0.496 e. The standard InChI is InChI=1S/C13H9ClO5/c1-6(15)19-13-10(14)12(17)9-7(11(13)16)4-3-5-8(9)18-2/h3-5H,1-2H3. The maximum atomic E-state index is 12.1. The van der Waals surface area contributed by atoms with Crippen molar-refractivity contribution in [2.24, 2.45) is 0 Å². The molecule has 19 heavy (non-hydrogen) atoms. The molecule has 5 nitrogen and oxygen atoms in total. The lowest BCUT2D eigenvalue weighted by atomic mass is 9.92. The summed E-state index contributed by atoms with van der Waals surface area (Å²) in [6.45, 7) is 1.12. The second-order valence-corrected chi connectivity index (χ2v) is 4.16. The van der Waals surface area contributed by atoms with Gasteiger partial charge in [-0.1, -0.05) is 17.7 Å². The maximum Gasteiger partial charge on any atom is 0.308 e. The summed E-state index contributed by atoms with van der Waals surface area (Å²) < 4.78 is 9.75. The van der Waals surface area contributed by atoms with Crippen LogP contribution < -0.4 is 4.74 Å². The Morgan fingerprint density at radius 2 is 1.89 bits per heavy atom. The third kappa shape index (κ3) is 2.13. The highest BCUT2D eigenvalue weighted by Gasteiger charge is 2.35. The smallest absolute Gasteiger partial charge is 0.308 e. The molecule has 0 heterocycles. The summed E-state index contributed by atoms with van der Waals surface area (Å²) in [5.74, 6) is -2.14. The van der Waals surface area contributed by atoms with Crippen LogP contribution in [0.5, 0.6) is 5.75 Å². The van der Waals surface area contributed by atoms with Gasteiger partial charge < -0.3 is 9.47 Å². The Bertz CT molecular complexity index is 630. The Morgan fingerprint density at radius 1 is 1.21 bits per heavy atom. The van der Waals surface area contributed by atoms with Gasteiger partial charge in [-0.25, -0.2) is 0 Å². The summed E-state index contributed by atoms with van der Waals surface area (Å²) in [4.78, 5) is 35.2. The molecule has 0 aromatic heterocycles. The van der Waals surface area contributed by atoms with E-state index in [1.807, 2.05) is 0 Å². The van der Waals surface area contributed by atoms with Crippen LogP contribution in [0.4, 0.5) is 0 Å². The highest BCUT2D eigenvalue weighted by molar-refractivity contribution is 6.50. The molecule has 2 rings (SSSR count). The number of allylic oxidation sites excluding steroid dienone is 2. The van der Waals surface area contributed by atoms with Crippen LogP contribution in [0.25, 0.3) is 0 Å². The summed E-state index contributed by atoms with van der Waals surface area (Å²) >= 11 is 5.81. The first-order valence-electron chi connectivity index (χ1n) is 5.32. The summed E-state index contributed by atoms with van der Waals surface area (Å²) in [6.07, 6.45) is 0. The van der Waals surface area contributed by atoms with Crippen molar-refractivity contribution in [3.63, 3.8) is 0 Å². The average molecular weight is 281 g/mol. The van der Waals surface area contributed by atoms with Gasteiger partial charge in [0.2, 0.25) is 17.3 Å². The molecule has 6 heteroatoms. The van der Waals surface area contributed by atoms with Crippen LogP contribution in [0.2, 0.25) is 0 Å². The van der Waals surface area contributed by atoms with Crippen molar-refractivity contribution in [2.45, 2.75) is 6.92 Å². The van der Waals surface area contributed by atoms with Crippen LogP contribution in [0.3, 0.4) is 0 Å². The van der Waals surface area contributed by atoms with E-state index in [9.17, 15) is 14.4 Å². The van der Waals surface area contributed by atoms with Gasteiger partial charge >= 0.3 is 5.97 Å². The molecule has 0 aliphatic heterocycles. The van der Waals surface area contributed by atoms with Crippen molar-refractivity contribution in [3.05, 3.63) is 40.1 Å². The zero-order chi connectivity index (χ0) is 14.2. The third-order valence-corrected chi connectivity index (χ3v) is 2.91. The Kier molecular flexibility index (Phi) is 3.40. The summed E-state index contributed by atoms with van der Waals surface area (Å²) in [6, 6.07) is 4.56. The quantitative estimate of drug-likeness (QED) is 0.776. The maximum absolute atomic E-state index is 12.1. The number of carbonyl (C=O) groups excluding carboxylic acids is 3. The van der Waals surface area contributed by atoms with Gasteiger partial charge in [0.05, 0.1) is 12.7 Å². The first kappa shape index (κ1) is 13.3. The first-order valence-corrected chi connectivity index (χ1v) is 5.69. The van der Waals surface area contributed by atoms with E-state index < -0.39 is 28.3 Å². The molecule has 0 spiro atoms. The number of benzene rings is 1. The minimum absolute atomic E-state index is 0.0795. The van der Waals surface area contributed by atoms with Crippen LogP contribution in [0, 0.1) is 0 Å². The van der Waals surface area contributed by atoms with E-state index in [0.29, 0.717) is 0 Å². The molecule has 0 bridgehead atoms. The number of Topliss-reactive ketones (excluding diaryl/α,β-unsaturated/α-hetero) is 2.